The van der Waals surface area contributed by atoms with Crippen LogP contribution in [-0.2, 0) is 17.9 Å². The van der Waals surface area contributed by atoms with Gasteiger partial charge in [-0.15, -0.1) is 0 Å². The molecule has 1 aliphatic rings. The molecule has 8 heteroatoms. The molecule has 0 saturated carbocycles. The minimum Gasteiger partial charge on any atom is -0.367 e. The van der Waals surface area contributed by atoms with Gasteiger partial charge in [0, 0.05) is 19.6 Å². The second-order valence-electron chi connectivity index (χ2n) is 6.95. The lowest BCUT2D eigenvalue weighted by Gasteiger charge is -2.26. The van der Waals surface area contributed by atoms with Gasteiger partial charge in [-0.05, 0) is 44.0 Å². The Kier molecular flexibility index (Phi) is 9.57. The van der Waals surface area contributed by atoms with Crippen LogP contribution in [0, 0.1) is 0 Å². The Bertz CT molecular complexity index is 584. The van der Waals surface area contributed by atoms with Crippen LogP contribution in [0.5, 0.6) is 0 Å². The molecule has 2 rings (SSSR count). The second-order valence-corrected chi connectivity index (χ2v) is 6.95. The molecule has 1 heterocycles. The predicted octanol–water partition coefficient (Wildman–Crippen LogP) is 3.31. The van der Waals surface area contributed by atoms with Gasteiger partial charge in [-0.25, -0.2) is 4.99 Å². The first-order chi connectivity index (χ1) is 13.5. The van der Waals surface area contributed by atoms with Gasteiger partial charge in [0.15, 0.2) is 5.96 Å². The van der Waals surface area contributed by atoms with E-state index >= 15 is 0 Å². The van der Waals surface area contributed by atoms with Gasteiger partial charge in [0.2, 0.25) is 0 Å². The summed E-state index contributed by atoms with van der Waals surface area (Å²) < 4.78 is 41.0. The zero-order valence-electron chi connectivity index (χ0n) is 16.5. The molecule has 0 atom stereocenters. The molecule has 0 aromatic heterocycles. The average molecular weight is 400 g/mol. The molecular formula is C20H31F3N4O. The van der Waals surface area contributed by atoms with E-state index in [-0.39, 0.29) is 6.61 Å². The Balaban J connectivity index is 1.75. The Morgan fingerprint density at radius 3 is 2.39 bits per heavy atom. The molecule has 1 fully saturated rings. The van der Waals surface area contributed by atoms with E-state index in [0.717, 1.165) is 31.2 Å². The van der Waals surface area contributed by atoms with Crippen molar-refractivity contribution in [2.24, 2.45) is 4.99 Å². The normalized spacial score (nSPS) is 16.2. The number of piperidine rings is 1. The standard InChI is InChI=1S/C20H31F3N4O/c1-2-24-19(25-10-13-27-11-4-3-5-12-27)26-14-17-6-8-18(9-7-17)15-28-16-20(21,22)23/h6-9H,2-5,10-16H2,1H3,(H2,24,25,26). The van der Waals surface area contributed by atoms with Crippen molar-refractivity contribution in [3.05, 3.63) is 35.4 Å². The molecule has 0 amide bonds. The van der Waals surface area contributed by atoms with Crippen LogP contribution in [0.4, 0.5) is 13.2 Å². The zero-order chi connectivity index (χ0) is 20.2. The molecule has 158 valence electrons. The summed E-state index contributed by atoms with van der Waals surface area (Å²) in [5, 5.41) is 6.60. The maximum Gasteiger partial charge on any atom is 0.411 e. The molecule has 0 bridgehead atoms. The van der Waals surface area contributed by atoms with E-state index in [1.807, 2.05) is 19.1 Å². The van der Waals surface area contributed by atoms with E-state index in [1.54, 1.807) is 12.1 Å². The van der Waals surface area contributed by atoms with Crippen molar-refractivity contribution < 1.29 is 17.9 Å². The van der Waals surface area contributed by atoms with Gasteiger partial charge < -0.3 is 20.3 Å². The molecule has 1 saturated heterocycles. The number of alkyl halides is 3. The first-order valence-corrected chi connectivity index (χ1v) is 9.93. The number of nitrogens with zero attached hydrogens (tertiary/aromatic N) is 2. The molecule has 5 nitrogen and oxygen atoms in total. The zero-order valence-corrected chi connectivity index (χ0v) is 16.5. The number of halogens is 3. The fourth-order valence-corrected chi connectivity index (χ4v) is 3.05. The number of aliphatic imine (C=N–C) groups is 1. The summed E-state index contributed by atoms with van der Waals surface area (Å²) >= 11 is 0. The molecule has 0 aliphatic carbocycles. The van der Waals surface area contributed by atoms with Crippen molar-refractivity contribution in [1.82, 2.24) is 15.5 Å². The number of ether oxygens (including phenoxy) is 1. The minimum atomic E-state index is -4.29. The number of likely N-dealkylation sites (tertiary alicyclic amines) is 1. The van der Waals surface area contributed by atoms with Gasteiger partial charge >= 0.3 is 6.18 Å². The number of hydrogen-bond donors (Lipinski definition) is 2. The number of guanidine groups is 1. The number of rotatable bonds is 9. The van der Waals surface area contributed by atoms with E-state index < -0.39 is 12.8 Å². The summed E-state index contributed by atoms with van der Waals surface area (Å²) in [7, 11) is 0. The Morgan fingerprint density at radius 2 is 1.75 bits per heavy atom. The van der Waals surface area contributed by atoms with Gasteiger partial charge in [0.05, 0.1) is 13.2 Å². The molecule has 0 unspecified atom stereocenters. The molecule has 1 aromatic carbocycles. The van der Waals surface area contributed by atoms with E-state index in [2.05, 4.69) is 25.3 Å². The van der Waals surface area contributed by atoms with Crippen LogP contribution in [0.25, 0.3) is 0 Å². The third-order valence-corrected chi connectivity index (χ3v) is 4.49. The molecular weight excluding hydrogens is 369 g/mol. The van der Waals surface area contributed by atoms with Crippen molar-refractivity contribution in [1.29, 1.82) is 0 Å². The van der Waals surface area contributed by atoms with Crippen molar-refractivity contribution in [3.8, 4) is 0 Å². The summed E-state index contributed by atoms with van der Waals surface area (Å²) in [4.78, 5) is 7.06. The van der Waals surface area contributed by atoms with Crippen LogP contribution < -0.4 is 10.6 Å². The minimum absolute atomic E-state index is 0.0518. The van der Waals surface area contributed by atoms with E-state index in [4.69, 9.17) is 0 Å². The van der Waals surface area contributed by atoms with E-state index in [9.17, 15) is 13.2 Å². The highest BCUT2D eigenvalue weighted by molar-refractivity contribution is 5.79. The first-order valence-electron chi connectivity index (χ1n) is 9.93. The highest BCUT2D eigenvalue weighted by atomic mass is 19.4. The summed E-state index contributed by atoms with van der Waals surface area (Å²) in [5.41, 5.74) is 1.70. The maximum atomic E-state index is 12.1. The van der Waals surface area contributed by atoms with Crippen molar-refractivity contribution in [2.45, 2.75) is 45.5 Å². The fourth-order valence-electron chi connectivity index (χ4n) is 3.05. The number of hydrogen-bond acceptors (Lipinski definition) is 3. The van der Waals surface area contributed by atoms with Crippen molar-refractivity contribution in [3.63, 3.8) is 0 Å². The maximum absolute atomic E-state index is 12.1. The summed E-state index contributed by atoms with van der Waals surface area (Å²) in [6, 6.07) is 7.29. The van der Waals surface area contributed by atoms with Gasteiger partial charge in [-0.2, -0.15) is 13.2 Å². The quantitative estimate of drug-likeness (QED) is 0.493. The Morgan fingerprint density at radius 1 is 1.07 bits per heavy atom. The number of benzene rings is 1. The van der Waals surface area contributed by atoms with Crippen LogP contribution in [0.1, 0.15) is 37.3 Å². The summed E-state index contributed by atoms with van der Waals surface area (Å²) in [6.45, 7) is 6.24. The van der Waals surface area contributed by atoms with Crippen LogP contribution in [-0.4, -0.2) is 56.4 Å². The topological polar surface area (TPSA) is 48.9 Å². The predicted molar refractivity (Wildman–Crippen MR) is 105 cm³/mol. The molecule has 0 radical (unpaired) electrons. The van der Waals surface area contributed by atoms with Crippen LogP contribution in [0.2, 0.25) is 0 Å². The number of nitrogens with one attached hydrogen (secondary N) is 2. The van der Waals surface area contributed by atoms with Gasteiger partial charge in [0.1, 0.15) is 6.61 Å². The fraction of sp³-hybridized carbons (Fsp3) is 0.650. The van der Waals surface area contributed by atoms with Gasteiger partial charge in [-0.3, -0.25) is 0 Å². The van der Waals surface area contributed by atoms with E-state index in [1.165, 1.54) is 32.4 Å². The largest absolute Gasteiger partial charge is 0.411 e. The summed E-state index contributed by atoms with van der Waals surface area (Å²) in [5.74, 6) is 0.775. The van der Waals surface area contributed by atoms with Crippen molar-refractivity contribution >= 4 is 5.96 Å². The van der Waals surface area contributed by atoms with Crippen LogP contribution in [0.15, 0.2) is 29.3 Å². The van der Waals surface area contributed by atoms with E-state index in [0.29, 0.717) is 12.1 Å². The Hall–Kier alpha value is -1.80. The second kappa shape index (κ2) is 11.9. The monoisotopic (exact) mass is 400 g/mol. The SMILES string of the molecule is CCNC(=NCc1ccc(COCC(F)(F)F)cc1)NCCN1CCCCC1. The molecule has 28 heavy (non-hydrogen) atoms. The lowest BCUT2D eigenvalue weighted by atomic mass is 10.1. The average Bonchev–Trinajstić information content (AvgIpc) is 2.67. The molecule has 0 spiro atoms. The lowest BCUT2D eigenvalue weighted by Crippen LogP contribution is -2.42. The van der Waals surface area contributed by atoms with Gasteiger partial charge in [-0.1, -0.05) is 30.7 Å². The first kappa shape index (κ1) is 22.5. The third kappa shape index (κ3) is 9.41. The van der Waals surface area contributed by atoms with Gasteiger partial charge in [0.25, 0.3) is 0 Å². The highest BCUT2D eigenvalue weighted by Crippen LogP contribution is 2.16. The summed E-state index contributed by atoms with van der Waals surface area (Å²) in [6.07, 6.45) is -0.392. The third-order valence-electron chi connectivity index (χ3n) is 4.49. The molecule has 2 N–H and O–H groups in total. The Labute approximate surface area is 165 Å². The molecule has 1 aliphatic heterocycles. The van der Waals surface area contributed by atoms with Crippen LogP contribution in [0.3, 0.4) is 0 Å². The highest BCUT2D eigenvalue weighted by Gasteiger charge is 2.27. The van der Waals surface area contributed by atoms with Crippen LogP contribution >= 0.6 is 0 Å². The van der Waals surface area contributed by atoms with Crippen molar-refractivity contribution in [2.75, 3.05) is 39.3 Å². The lowest BCUT2D eigenvalue weighted by molar-refractivity contribution is -0.176. The smallest absolute Gasteiger partial charge is 0.367 e. The molecule has 1 aromatic rings.